The Hall–Kier alpha value is -0.830. The van der Waals surface area contributed by atoms with Crippen molar-refractivity contribution in [2.24, 2.45) is 5.92 Å². The zero-order chi connectivity index (χ0) is 8.97. The first-order valence-corrected chi connectivity index (χ1v) is 4.26. The van der Waals surface area contributed by atoms with E-state index in [1.54, 1.807) is 6.92 Å². The maximum absolute atomic E-state index is 10.9. The van der Waals surface area contributed by atoms with Crippen LogP contribution in [0.2, 0.25) is 0 Å². The molecule has 0 aromatic heterocycles. The number of aliphatic hydroxyl groups is 1. The van der Waals surface area contributed by atoms with Gasteiger partial charge in [-0.15, -0.1) is 0 Å². The molecule has 0 aromatic carbocycles. The van der Waals surface area contributed by atoms with Crippen LogP contribution in [0.3, 0.4) is 0 Å². The lowest BCUT2D eigenvalue weighted by atomic mass is 9.80. The highest BCUT2D eigenvalue weighted by atomic mass is 16.5. The Morgan fingerprint density at radius 2 is 2.58 bits per heavy atom. The molecular weight excluding hydrogens is 156 g/mol. The first kappa shape index (κ1) is 9.26. The van der Waals surface area contributed by atoms with Crippen molar-refractivity contribution in [2.75, 3.05) is 13.2 Å². The predicted molar refractivity (Wildman–Crippen MR) is 44.5 cm³/mol. The van der Waals surface area contributed by atoms with Gasteiger partial charge in [-0.25, -0.2) is 4.79 Å². The Morgan fingerprint density at radius 1 is 1.83 bits per heavy atom. The fourth-order valence-electron chi connectivity index (χ4n) is 1.25. The van der Waals surface area contributed by atoms with Crippen LogP contribution in [0.1, 0.15) is 19.8 Å². The molecule has 12 heavy (non-hydrogen) atoms. The molecule has 0 amide bonds. The third-order valence-corrected chi connectivity index (χ3v) is 2.12. The summed E-state index contributed by atoms with van der Waals surface area (Å²) in [6.07, 6.45) is 3.42. The number of esters is 1. The van der Waals surface area contributed by atoms with Crippen LogP contribution in [-0.4, -0.2) is 24.3 Å². The maximum atomic E-state index is 10.9. The van der Waals surface area contributed by atoms with Crippen molar-refractivity contribution in [3.8, 4) is 0 Å². The van der Waals surface area contributed by atoms with Gasteiger partial charge >= 0.3 is 5.97 Å². The maximum Gasteiger partial charge on any atom is 0.330 e. The quantitative estimate of drug-likeness (QED) is 0.505. The van der Waals surface area contributed by atoms with Crippen LogP contribution in [0.25, 0.3) is 0 Å². The summed E-state index contributed by atoms with van der Waals surface area (Å²) in [6.45, 7) is 2.33. The Kier molecular flexibility index (Phi) is 3.29. The number of carbonyl (C=O) groups excluding carboxylic acids is 1. The number of hydrogen-bond donors (Lipinski definition) is 1. The fourth-order valence-corrected chi connectivity index (χ4v) is 1.25. The number of rotatable bonds is 3. The van der Waals surface area contributed by atoms with Gasteiger partial charge in [-0.05, 0) is 19.8 Å². The lowest BCUT2D eigenvalue weighted by Crippen LogP contribution is -2.20. The van der Waals surface area contributed by atoms with Gasteiger partial charge in [-0.2, -0.15) is 0 Å². The van der Waals surface area contributed by atoms with E-state index in [9.17, 15) is 4.79 Å². The van der Waals surface area contributed by atoms with Gasteiger partial charge < -0.3 is 9.84 Å². The number of hydrogen-bond acceptors (Lipinski definition) is 3. The molecule has 0 radical (unpaired) electrons. The minimum Gasteiger partial charge on any atom is -0.463 e. The Labute approximate surface area is 72.0 Å². The molecule has 1 rings (SSSR count). The van der Waals surface area contributed by atoms with Gasteiger partial charge in [0.1, 0.15) is 0 Å². The van der Waals surface area contributed by atoms with E-state index in [2.05, 4.69) is 0 Å². The molecule has 3 heteroatoms. The molecule has 3 nitrogen and oxygen atoms in total. The van der Waals surface area contributed by atoms with Crippen LogP contribution < -0.4 is 0 Å². The molecule has 1 aliphatic rings. The average Bonchev–Trinajstić information content (AvgIpc) is 2.00. The second-order valence-electron chi connectivity index (χ2n) is 2.89. The van der Waals surface area contributed by atoms with Crippen molar-refractivity contribution in [1.82, 2.24) is 0 Å². The number of ether oxygens (including phenoxy) is 1. The molecule has 1 N–H and O–H groups in total. The third-order valence-electron chi connectivity index (χ3n) is 2.12. The highest BCUT2D eigenvalue weighted by Crippen LogP contribution is 2.32. The largest absolute Gasteiger partial charge is 0.463 e. The average molecular weight is 170 g/mol. The molecule has 68 valence electrons. The second-order valence-corrected chi connectivity index (χ2v) is 2.89. The van der Waals surface area contributed by atoms with Crippen molar-refractivity contribution in [3.05, 3.63) is 11.6 Å². The molecule has 1 aliphatic carbocycles. The monoisotopic (exact) mass is 170 g/mol. The molecule has 1 atom stereocenters. The second kappa shape index (κ2) is 4.26. The molecule has 0 saturated heterocycles. The molecule has 1 unspecified atom stereocenters. The van der Waals surface area contributed by atoms with E-state index in [0.29, 0.717) is 6.61 Å². The lowest BCUT2D eigenvalue weighted by molar-refractivity contribution is -0.137. The molecular formula is C9H14O3. The molecule has 0 heterocycles. The third kappa shape index (κ3) is 2.08. The van der Waals surface area contributed by atoms with E-state index in [0.717, 1.165) is 18.4 Å². The molecule has 1 saturated carbocycles. The minimum absolute atomic E-state index is 0.144. The predicted octanol–water partition coefficient (Wildman–Crippen LogP) is 0.878. The van der Waals surface area contributed by atoms with Crippen molar-refractivity contribution in [2.45, 2.75) is 19.8 Å². The van der Waals surface area contributed by atoms with Gasteiger partial charge in [0.05, 0.1) is 6.61 Å². The zero-order valence-electron chi connectivity index (χ0n) is 7.25. The van der Waals surface area contributed by atoms with Gasteiger partial charge in [0, 0.05) is 18.6 Å². The van der Waals surface area contributed by atoms with Gasteiger partial charge in [0.2, 0.25) is 0 Å². The van der Waals surface area contributed by atoms with Crippen molar-refractivity contribution < 1.29 is 14.6 Å². The fraction of sp³-hybridized carbons (Fsp3) is 0.667. The summed E-state index contributed by atoms with van der Waals surface area (Å²) in [5.41, 5.74) is 1.02. The van der Waals surface area contributed by atoms with Crippen LogP contribution in [0, 0.1) is 5.92 Å². The minimum atomic E-state index is -0.286. The Balaban J connectivity index is 2.40. The summed E-state index contributed by atoms with van der Waals surface area (Å²) in [4.78, 5) is 10.9. The molecule has 0 aromatic rings. The number of aliphatic hydroxyl groups excluding tert-OH is 1. The normalized spacial score (nSPS) is 25.2. The highest BCUT2D eigenvalue weighted by Gasteiger charge is 2.23. The van der Waals surface area contributed by atoms with Crippen LogP contribution >= 0.6 is 0 Å². The van der Waals surface area contributed by atoms with Crippen LogP contribution in [0.15, 0.2) is 11.6 Å². The van der Waals surface area contributed by atoms with Crippen LogP contribution in [0.5, 0.6) is 0 Å². The van der Waals surface area contributed by atoms with E-state index < -0.39 is 0 Å². The smallest absolute Gasteiger partial charge is 0.330 e. The summed E-state index contributed by atoms with van der Waals surface area (Å²) >= 11 is 0. The van der Waals surface area contributed by atoms with E-state index >= 15 is 0 Å². The van der Waals surface area contributed by atoms with Gasteiger partial charge in [0.15, 0.2) is 0 Å². The topological polar surface area (TPSA) is 46.5 Å². The SMILES string of the molecule is CCOC(=O)C=C1CCC1CO. The van der Waals surface area contributed by atoms with Crippen molar-refractivity contribution in [3.63, 3.8) is 0 Å². The highest BCUT2D eigenvalue weighted by molar-refractivity contribution is 5.83. The first-order valence-electron chi connectivity index (χ1n) is 4.26. The molecule has 0 aliphatic heterocycles. The Bertz CT molecular complexity index is 194. The van der Waals surface area contributed by atoms with Gasteiger partial charge in [-0.1, -0.05) is 5.57 Å². The molecule has 0 spiro atoms. The Morgan fingerprint density at radius 3 is 3.00 bits per heavy atom. The van der Waals surface area contributed by atoms with Gasteiger partial charge in [0.25, 0.3) is 0 Å². The standard InChI is InChI=1S/C9H14O3/c1-2-12-9(11)5-7-3-4-8(7)6-10/h5,8,10H,2-4,6H2,1H3. The van der Waals surface area contributed by atoms with Crippen LogP contribution in [0.4, 0.5) is 0 Å². The van der Waals surface area contributed by atoms with Crippen LogP contribution in [-0.2, 0) is 9.53 Å². The summed E-state index contributed by atoms with van der Waals surface area (Å²) in [7, 11) is 0. The van der Waals surface area contributed by atoms with E-state index in [1.807, 2.05) is 0 Å². The summed E-state index contributed by atoms with van der Waals surface area (Å²) < 4.78 is 4.74. The van der Waals surface area contributed by atoms with E-state index in [4.69, 9.17) is 9.84 Å². The number of carbonyl (C=O) groups is 1. The molecule has 1 fully saturated rings. The lowest BCUT2D eigenvalue weighted by Gasteiger charge is -2.27. The summed E-state index contributed by atoms with van der Waals surface area (Å²) in [5.74, 6) is -0.0833. The van der Waals surface area contributed by atoms with Gasteiger partial charge in [-0.3, -0.25) is 0 Å². The van der Waals surface area contributed by atoms with E-state index in [1.165, 1.54) is 6.08 Å². The van der Waals surface area contributed by atoms with E-state index in [-0.39, 0.29) is 18.5 Å². The first-order chi connectivity index (χ1) is 5.77. The zero-order valence-corrected chi connectivity index (χ0v) is 7.25. The summed E-state index contributed by atoms with van der Waals surface area (Å²) in [6, 6.07) is 0. The van der Waals surface area contributed by atoms with Crippen molar-refractivity contribution in [1.29, 1.82) is 0 Å². The van der Waals surface area contributed by atoms with Crippen molar-refractivity contribution >= 4 is 5.97 Å². The summed E-state index contributed by atoms with van der Waals surface area (Å²) in [5, 5.41) is 8.81. The molecule has 0 bridgehead atoms.